The van der Waals surface area contributed by atoms with Crippen molar-refractivity contribution in [3.8, 4) is 0 Å². The van der Waals surface area contributed by atoms with Crippen LogP contribution in [-0.4, -0.2) is 23.4 Å². The number of benzene rings is 1. The fourth-order valence-electron chi connectivity index (χ4n) is 1.52. The number of hydrogen-bond acceptors (Lipinski definition) is 4. The predicted molar refractivity (Wildman–Crippen MR) is 58.0 cm³/mol. The standard InChI is InChI=1S/C10H8F3N3O2S/c1-7-9(14-15-16(7)10(11,12)13)19(17,18)8-5-3-2-4-6-8/h2-6H,1H3. The lowest BCUT2D eigenvalue weighted by atomic mass is 10.4. The number of halogens is 3. The molecule has 0 saturated heterocycles. The highest BCUT2D eigenvalue weighted by Crippen LogP contribution is 2.27. The molecule has 0 saturated carbocycles. The molecule has 0 aliphatic carbocycles. The van der Waals surface area contributed by atoms with Crippen LogP contribution in [0.3, 0.4) is 0 Å². The Bertz CT molecular complexity index is 693. The highest BCUT2D eigenvalue weighted by molar-refractivity contribution is 7.91. The molecule has 1 aromatic carbocycles. The van der Waals surface area contributed by atoms with E-state index in [4.69, 9.17) is 0 Å². The van der Waals surface area contributed by atoms with Gasteiger partial charge >= 0.3 is 6.30 Å². The number of rotatable bonds is 2. The van der Waals surface area contributed by atoms with Crippen molar-refractivity contribution >= 4 is 9.84 Å². The molecule has 0 fully saturated rings. The van der Waals surface area contributed by atoms with Gasteiger partial charge in [-0.15, -0.1) is 18.3 Å². The number of alkyl halides is 3. The first-order valence-electron chi connectivity index (χ1n) is 5.04. The SMILES string of the molecule is Cc1c(S(=O)(=O)c2ccccc2)nnn1C(F)(F)F. The lowest BCUT2D eigenvalue weighted by Crippen LogP contribution is -2.20. The normalized spacial score (nSPS) is 12.6. The van der Waals surface area contributed by atoms with E-state index in [2.05, 4.69) is 10.3 Å². The van der Waals surface area contributed by atoms with Crippen molar-refractivity contribution in [3.63, 3.8) is 0 Å². The minimum absolute atomic E-state index is 0.132. The molecule has 0 radical (unpaired) electrons. The average Bonchev–Trinajstić information content (AvgIpc) is 2.72. The van der Waals surface area contributed by atoms with Gasteiger partial charge in [-0.2, -0.15) is 4.68 Å². The zero-order valence-electron chi connectivity index (χ0n) is 9.59. The maximum Gasteiger partial charge on any atom is 0.506 e. The molecule has 9 heteroatoms. The summed E-state index contributed by atoms with van der Waals surface area (Å²) in [5, 5.41) is 5.28. The molecule has 0 aliphatic heterocycles. The lowest BCUT2D eigenvalue weighted by molar-refractivity contribution is -0.214. The highest BCUT2D eigenvalue weighted by Gasteiger charge is 2.37. The van der Waals surface area contributed by atoms with Crippen LogP contribution in [0.5, 0.6) is 0 Å². The fourth-order valence-corrected chi connectivity index (χ4v) is 2.87. The maximum absolute atomic E-state index is 12.5. The first-order chi connectivity index (χ1) is 8.74. The molecular formula is C10H8F3N3O2S. The number of sulfone groups is 1. The van der Waals surface area contributed by atoms with Gasteiger partial charge in [0.05, 0.1) is 10.6 Å². The Morgan fingerprint density at radius 1 is 1.16 bits per heavy atom. The summed E-state index contributed by atoms with van der Waals surface area (Å²) in [6, 6.07) is 7.09. The third-order valence-corrected chi connectivity index (χ3v) is 4.18. The van der Waals surface area contributed by atoms with E-state index in [9.17, 15) is 21.6 Å². The van der Waals surface area contributed by atoms with Crippen LogP contribution in [0.2, 0.25) is 0 Å². The topological polar surface area (TPSA) is 64.8 Å². The Labute approximate surface area is 106 Å². The fraction of sp³-hybridized carbons (Fsp3) is 0.200. The van der Waals surface area contributed by atoms with Crippen LogP contribution in [-0.2, 0) is 16.1 Å². The molecule has 1 aromatic heterocycles. The monoisotopic (exact) mass is 291 g/mol. The van der Waals surface area contributed by atoms with E-state index in [1.54, 1.807) is 6.07 Å². The van der Waals surface area contributed by atoms with Crippen LogP contribution in [0, 0.1) is 6.92 Å². The summed E-state index contributed by atoms with van der Waals surface area (Å²) in [7, 11) is -4.10. The van der Waals surface area contributed by atoms with Crippen molar-refractivity contribution in [1.82, 2.24) is 15.0 Å². The third kappa shape index (κ3) is 2.33. The van der Waals surface area contributed by atoms with Crippen molar-refractivity contribution in [2.75, 3.05) is 0 Å². The number of aromatic nitrogens is 3. The zero-order valence-corrected chi connectivity index (χ0v) is 10.4. The molecule has 2 aromatic rings. The first-order valence-corrected chi connectivity index (χ1v) is 6.52. The van der Waals surface area contributed by atoms with E-state index in [1.165, 1.54) is 24.3 Å². The molecule has 0 atom stereocenters. The third-order valence-electron chi connectivity index (χ3n) is 2.40. The van der Waals surface area contributed by atoms with Gasteiger partial charge in [-0.05, 0) is 19.1 Å². The molecule has 102 valence electrons. The molecule has 0 bridgehead atoms. The van der Waals surface area contributed by atoms with E-state index in [0.717, 1.165) is 6.92 Å². The second kappa shape index (κ2) is 4.34. The van der Waals surface area contributed by atoms with Crippen LogP contribution >= 0.6 is 0 Å². The average molecular weight is 291 g/mol. The molecule has 0 N–H and O–H groups in total. The summed E-state index contributed by atoms with van der Waals surface area (Å²) < 4.78 is 61.4. The summed E-state index contributed by atoms with van der Waals surface area (Å²) in [6.07, 6.45) is -4.80. The molecule has 5 nitrogen and oxygen atoms in total. The summed E-state index contributed by atoms with van der Waals surface area (Å²) >= 11 is 0. The van der Waals surface area contributed by atoms with Crippen LogP contribution in [0.4, 0.5) is 13.2 Å². The smallest absolute Gasteiger partial charge is 0.217 e. The van der Waals surface area contributed by atoms with Gasteiger partial charge < -0.3 is 0 Å². The van der Waals surface area contributed by atoms with Gasteiger partial charge in [0.15, 0.2) is 0 Å². The Kier molecular flexibility index (Phi) is 3.09. The van der Waals surface area contributed by atoms with E-state index < -0.39 is 26.9 Å². The summed E-state index contributed by atoms with van der Waals surface area (Å²) in [6.45, 7) is 1.00. The molecule has 19 heavy (non-hydrogen) atoms. The molecular weight excluding hydrogens is 283 g/mol. The summed E-state index contributed by atoms with van der Waals surface area (Å²) in [4.78, 5) is -0.132. The summed E-state index contributed by atoms with van der Waals surface area (Å²) in [5.74, 6) is 0. The predicted octanol–water partition coefficient (Wildman–Crippen LogP) is 1.90. The van der Waals surface area contributed by atoms with Crippen molar-refractivity contribution in [2.24, 2.45) is 0 Å². The van der Waals surface area contributed by atoms with Gasteiger partial charge in [0.25, 0.3) is 0 Å². The Morgan fingerprint density at radius 3 is 2.21 bits per heavy atom. The highest BCUT2D eigenvalue weighted by atomic mass is 32.2. The maximum atomic E-state index is 12.5. The zero-order chi connectivity index (χ0) is 14.3. The molecule has 0 unspecified atom stereocenters. The van der Waals surface area contributed by atoms with Gasteiger partial charge in [0, 0.05) is 0 Å². The van der Waals surface area contributed by atoms with Gasteiger partial charge in [0.1, 0.15) is 0 Å². The van der Waals surface area contributed by atoms with E-state index >= 15 is 0 Å². The van der Waals surface area contributed by atoms with Crippen LogP contribution in [0.25, 0.3) is 0 Å². The minimum atomic E-state index is -4.80. The second-order valence-corrected chi connectivity index (χ2v) is 5.54. The van der Waals surface area contributed by atoms with E-state index in [1.807, 2.05) is 0 Å². The minimum Gasteiger partial charge on any atom is -0.217 e. The van der Waals surface area contributed by atoms with Crippen molar-refractivity contribution in [3.05, 3.63) is 36.0 Å². The number of nitrogens with zero attached hydrogens (tertiary/aromatic N) is 3. The van der Waals surface area contributed by atoms with Crippen LogP contribution < -0.4 is 0 Å². The largest absolute Gasteiger partial charge is 0.506 e. The molecule has 0 aliphatic rings. The summed E-state index contributed by atoms with van der Waals surface area (Å²) in [5.41, 5.74) is -0.573. The Balaban J connectivity index is 2.58. The van der Waals surface area contributed by atoms with E-state index in [-0.39, 0.29) is 9.58 Å². The van der Waals surface area contributed by atoms with Crippen molar-refractivity contribution < 1.29 is 21.6 Å². The van der Waals surface area contributed by atoms with Gasteiger partial charge in [-0.1, -0.05) is 23.4 Å². The Morgan fingerprint density at radius 2 is 1.74 bits per heavy atom. The van der Waals surface area contributed by atoms with Crippen molar-refractivity contribution in [1.29, 1.82) is 0 Å². The quantitative estimate of drug-likeness (QED) is 0.847. The van der Waals surface area contributed by atoms with Crippen LogP contribution in [0.15, 0.2) is 40.3 Å². The molecule has 1 heterocycles. The van der Waals surface area contributed by atoms with Crippen LogP contribution in [0.1, 0.15) is 5.69 Å². The number of hydrogen-bond donors (Lipinski definition) is 0. The van der Waals surface area contributed by atoms with E-state index in [0.29, 0.717) is 0 Å². The molecule has 2 rings (SSSR count). The molecule has 0 spiro atoms. The Hall–Kier alpha value is -1.90. The lowest BCUT2D eigenvalue weighted by Gasteiger charge is -2.07. The van der Waals surface area contributed by atoms with Crippen molar-refractivity contribution in [2.45, 2.75) is 23.1 Å². The first kappa shape index (κ1) is 13.5. The van der Waals surface area contributed by atoms with Gasteiger partial charge in [-0.25, -0.2) is 8.42 Å². The second-order valence-electron chi connectivity index (χ2n) is 3.68. The molecule has 0 amide bonds. The van der Waals surface area contributed by atoms with Gasteiger partial charge in [0.2, 0.25) is 14.9 Å². The van der Waals surface area contributed by atoms with Gasteiger partial charge in [-0.3, -0.25) is 0 Å².